The number of aromatic nitrogens is 2. The van der Waals surface area contributed by atoms with Crippen molar-refractivity contribution < 1.29 is 4.52 Å². The van der Waals surface area contributed by atoms with Crippen LogP contribution in [0.5, 0.6) is 0 Å². The summed E-state index contributed by atoms with van der Waals surface area (Å²) >= 11 is 0. The van der Waals surface area contributed by atoms with Crippen molar-refractivity contribution in [1.29, 1.82) is 0 Å². The molecular formula is C14H19N3O. The minimum Gasteiger partial charge on any atom is -0.339 e. The average Bonchev–Trinajstić information content (AvgIpc) is 2.88. The topological polar surface area (TPSA) is 64.9 Å². The molecule has 4 heteroatoms. The molecule has 0 amide bonds. The molecule has 1 heterocycles. The van der Waals surface area contributed by atoms with Crippen molar-refractivity contribution in [2.45, 2.75) is 32.1 Å². The van der Waals surface area contributed by atoms with Gasteiger partial charge in [0.15, 0.2) is 5.82 Å². The van der Waals surface area contributed by atoms with Gasteiger partial charge in [0.1, 0.15) is 0 Å². The first-order chi connectivity index (χ1) is 8.79. The van der Waals surface area contributed by atoms with Gasteiger partial charge in [-0.2, -0.15) is 4.98 Å². The third-order valence-corrected chi connectivity index (χ3v) is 2.98. The molecule has 0 fully saturated rings. The number of nitrogens with zero attached hydrogens (tertiary/aromatic N) is 2. The van der Waals surface area contributed by atoms with Gasteiger partial charge >= 0.3 is 0 Å². The predicted octanol–water partition coefficient (Wildman–Crippen LogP) is 2.31. The molecule has 1 unspecified atom stereocenters. The highest BCUT2D eigenvalue weighted by atomic mass is 16.5. The molecule has 0 spiro atoms. The third kappa shape index (κ3) is 3.40. The van der Waals surface area contributed by atoms with Gasteiger partial charge in [0, 0.05) is 18.9 Å². The van der Waals surface area contributed by atoms with Crippen LogP contribution in [0, 0.1) is 0 Å². The highest BCUT2D eigenvalue weighted by molar-refractivity contribution is 5.14. The Hall–Kier alpha value is -1.68. The monoisotopic (exact) mass is 245 g/mol. The van der Waals surface area contributed by atoms with E-state index >= 15 is 0 Å². The SMILES string of the molecule is CC(CN)c1noc(CCCc2ccccc2)n1. The van der Waals surface area contributed by atoms with Crippen molar-refractivity contribution in [3.8, 4) is 0 Å². The van der Waals surface area contributed by atoms with E-state index in [1.807, 2.05) is 13.0 Å². The molecule has 96 valence electrons. The fourth-order valence-electron chi connectivity index (χ4n) is 1.76. The van der Waals surface area contributed by atoms with Gasteiger partial charge in [-0.25, -0.2) is 0 Å². The van der Waals surface area contributed by atoms with Gasteiger partial charge in [0.2, 0.25) is 5.89 Å². The first-order valence-corrected chi connectivity index (χ1v) is 6.36. The van der Waals surface area contributed by atoms with Crippen molar-refractivity contribution in [3.63, 3.8) is 0 Å². The maximum Gasteiger partial charge on any atom is 0.226 e. The zero-order valence-corrected chi connectivity index (χ0v) is 10.7. The zero-order chi connectivity index (χ0) is 12.8. The van der Waals surface area contributed by atoms with Crippen LogP contribution in [0.25, 0.3) is 0 Å². The molecule has 0 bridgehead atoms. The van der Waals surface area contributed by atoms with Crippen LogP contribution in [-0.2, 0) is 12.8 Å². The second kappa shape index (κ2) is 6.31. The van der Waals surface area contributed by atoms with Crippen molar-refractivity contribution in [1.82, 2.24) is 10.1 Å². The number of hydrogen-bond acceptors (Lipinski definition) is 4. The molecule has 2 rings (SSSR count). The molecular weight excluding hydrogens is 226 g/mol. The molecule has 0 radical (unpaired) electrons. The van der Waals surface area contributed by atoms with Crippen LogP contribution in [0.2, 0.25) is 0 Å². The minimum atomic E-state index is 0.164. The summed E-state index contributed by atoms with van der Waals surface area (Å²) in [7, 11) is 0. The van der Waals surface area contributed by atoms with Crippen LogP contribution in [0.15, 0.2) is 34.9 Å². The van der Waals surface area contributed by atoms with Gasteiger partial charge in [-0.3, -0.25) is 0 Å². The molecule has 0 saturated heterocycles. The lowest BCUT2D eigenvalue weighted by Gasteiger charge is -1.99. The van der Waals surface area contributed by atoms with E-state index < -0.39 is 0 Å². The van der Waals surface area contributed by atoms with E-state index in [9.17, 15) is 0 Å². The quantitative estimate of drug-likeness (QED) is 0.848. The van der Waals surface area contributed by atoms with Crippen LogP contribution in [-0.4, -0.2) is 16.7 Å². The Morgan fingerprint density at radius 3 is 2.72 bits per heavy atom. The normalized spacial score (nSPS) is 12.6. The molecule has 2 N–H and O–H groups in total. The Morgan fingerprint density at radius 1 is 1.22 bits per heavy atom. The number of aryl methyl sites for hydroxylation is 2. The molecule has 18 heavy (non-hydrogen) atoms. The highest BCUT2D eigenvalue weighted by Crippen LogP contribution is 2.11. The molecule has 1 aromatic heterocycles. The van der Waals surface area contributed by atoms with E-state index in [0.717, 1.165) is 19.3 Å². The number of benzene rings is 1. The van der Waals surface area contributed by atoms with E-state index in [-0.39, 0.29) is 5.92 Å². The van der Waals surface area contributed by atoms with Gasteiger partial charge in [-0.05, 0) is 18.4 Å². The molecule has 0 saturated carbocycles. The molecule has 0 aliphatic carbocycles. The maximum atomic E-state index is 5.57. The Labute approximate surface area is 107 Å². The van der Waals surface area contributed by atoms with Gasteiger partial charge in [-0.1, -0.05) is 42.4 Å². The summed E-state index contributed by atoms with van der Waals surface area (Å²) in [6.45, 7) is 2.54. The lowest BCUT2D eigenvalue weighted by molar-refractivity contribution is 0.368. The first kappa shape index (κ1) is 12.8. The van der Waals surface area contributed by atoms with E-state index in [1.54, 1.807) is 0 Å². The van der Waals surface area contributed by atoms with Gasteiger partial charge in [0.25, 0.3) is 0 Å². The van der Waals surface area contributed by atoms with E-state index in [2.05, 4.69) is 34.4 Å². The summed E-state index contributed by atoms with van der Waals surface area (Å²) in [5.41, 5.74) is 6.91. The zero-order valence-electron chi connectivity index (χ0n) is 10.7. The molecule has 4 nitrogen and oxygen atoms in total. The Balaban J connectivity index is 1.82. The number of nitrogens with two attached hydrogens (primary N) is 1. The van der Waals surface area contributed by atoms with Gasteiger partial charge in [-0.15, -0.1) is 0 Å². The summed E-state index contributed by atoms with van der Waals surface area (Å²) in [5, 5.41) is 3.95. The molecule has 0 aliphatic heterocycles. The van der Waals surface area contributed by atoms with Crippen LogP contribution >= 0.6 is 0 Å². The van der Waals surface area contributed by atoms with Crippen LogP contribution in [0.1, 0.15) is 36.5 Å². The molecule has 0 aliphatic rings. The standard InChI is InChI=1S/C14H19N3O/c1-11(10-15)14-16-13(18-17-14)9-5-8-12-6-3-2-4-7-12/h2-4,6-7,11H,5,8-10,15H2,1H3. The lowest BCUT2D eigenvalue weighted by atomic mass is 10.1. The lowest BCUT2D eigenvalue weighted by Crippen LogP contribution is -2.10. The number of hydrogen-bond donors (Lipinski definition) is 1. The molecule has 1 aromatic carbocycles. The number of rotatable bonds is 6. The fourth-order valence-corrected chi connectivity index (χ4v) is 1.76. The Bertz CT molecular complexity index is 467. The second-order valence-electron chi connectivity index (χ2n) is 4.52. The largest absolute Gasteiger partial charge is 0.339 e. The second-order valence-corrected chi connectivity index (χ2v) is 4.52. The van der Waals surface area contributed by atoms with E-state index in [4.69, 9.17) is 10.3 Å². The van der Waals surface area contributed by atoms with Gasteiger partial charge < -0.3 is 10.3 Å². The fraction of sp³-hybridized carbons (Fsp3) is 0.429. The molecule has 1 atom stereocenters. The van der Waals surface area contributed by atoms with E-state index in [1.165, 1.54) is 5.56 Å². The summed E-state index contributed by atoms with van der Waals surface area (Å²) in [4.78, 5) is 4.35. The summed E-state index contributed by atoms with van der Waals surface area (Å²) in [5.74, 6) is 1.59. The van der Waals surface area contributed by atoms with Crippen molar-refractivity contribution in [2.75, 3.05) is 6.54 Å². The van der Waals surface area contributed by atoms with Crippen molar-refractivity contribution in [3.05, 3.63) is 47.6 Å². The van der Waals surface area contributed by atoms with Gasteiger partial charge in [0.05, 0.1) is 0 Å². The Morgan fingerprint density at radius 2 is 2.00 bits per heavy atom. The minimum absolute atomic E-state index is 0.164. The smallest absolute Gasteiger partial charge is 0.226 e. The van der Waals surface area contributed by atoms with Crippen molar-refractivity contribution in [2.24, 2.45) is 5.73 Å². The van der Waals surface area contributed by atoms with Crippen LogP contribution in [0.3, 0.4) is 0 Å². The average molecular weight is 245 g/mol. The summed E-state index contributed by atoms with van der Waals surface area (Å²) < 4.78 is 5.21. The third-order valence-electron chi connectivity index (χ3n) is 2.98. The van der Waals surface area contributed by atoms with Crippen LogP contribution in [0.4, 0.5) is 0 Å². The van der Waals surface area contributed by atoms with Crippen molar-refractivity contribution >= 4 is 0 Å². The highest BCUT2D eigenvalue weighted by Gasteiger charge is 2.11. The van der Waals surface area contributed by atoms with E-state index in [0.29, 0.717) is 18.3 Å². The Kier molecular flexibility index (Phi) is 4.47. The maximum absolute atomic E-state index is 5.57. The van der Waals surface area contributed by atoms with Crippen LogP contribution < -0.4 is 5.73 Å². The molecule has 2 aromatic rings. The first-order valence-electron chi connectivity index (χ1n) is 6.36. The summed E-state index contributed by atoms with van der Waals surface area (Å²) in [6, 6.07) is 10.4. The summed E-state index contributed by atoms with van der Waals surface area (Å²) in [6.07, 6.45) is 2.87. The predicted molar refractivity (Wildman–Crippen MR) is 70.2 cm³/mol.